The van der Waals surface area contributed by atoms with Crippen LogP contribution in [-0.4, -0.2) is 38.9 Å². The molecule has 1 saturated carbocycles. The molecule has 1 fully saturated rings. The molecular formula is C32H33ClN4O4. The van der Waals surface area contributed by atoms with Gasteiger partial charge in [-0.25, -0.2) is 4.79 Å². The summed E-state index contributed by atoms with van der Waals surface area (Å²) in [6.45, 7) is 0.161. The average Bonchev–Trinajstić information content (AvgIpc) is 3.01. The lowest BCUT2D eigenvalue weighted by Crippen LogP contribution is -2.45. The van der Waals surface area contributed by atoms with E-state index in [1.807, 2.05) is 18.2 Å². The molecule has 4 aromatic rings. The third-order valence-electron chi connectivity index (χ3n) is 7.90. The second-order valence-corrected chi connectivity index (χ2v) is 11.0. The van der Waals surface area contributed by atoms with E-state index in [1.54, 1.807) is 66.5 Å². The van der Waals surface area contributed by atoms with Gasteiger partial charge in [-0.3, -0.25) is 23.5 Å². The highest BCUT2D eigenvalue weighted by molar-refractivity contribution is 6.31. The van der Waals surface area contributed by atoms with Crippen molar-refractivity contribution in [2.45, 2.75) is 57.8 Å². The zero-order valence-corrected chi connectivity index (χ0v) is 23.8. The molecule has 212 valence electrons. The van der Waals surface area contributed by atoms with Gasteiger partial charge in [0.2, 0.25) is 5.91 Å². The summed E-state index contributed by atoms with van der Waals surface area (Å²) in [5.41, 5.74) is 1.42. The number of rotatable bonds is 8. The molecule has 41 heavy (non-hydrogen) atoms. The maximum atomic E-state index is 13.6. The lowest BCUT2D eigenvalue weighted by Gasteiger charge is -2.31. The van der Waals surface area contributed by atoms with Crippen molar-refractivity contribution in [3.63, 3.8) is 0 Å². The molecule has 1 aliphatic carbocycles. The Labute approximate surface area is 243 Å². The van der Waals surface area contributed by atoms with Crippen molar-refractivity contribution in [3.8, 4) is 0 Å². The summed E-state index contributed by atoms with van der Waals surface area (Å²) in [5, 5.41) is 3.81. The van der Waals surface area contributed by atoms with Gasteiger partial charge in [-0.05, 0) is 54.3 Å². The number of nitrogens with one attached hydrogen (secondary N) is 1. The number of benzene rings is 3. The quantitative estimate of drug-likeness (QED) is 0.334. The van der Waals surface area contributed by atoms with E-state index in [2.05, 4.69) is 5.32 Å². The van der Waals surface area contributed by atoms with Crippen molar-refractivity contribution in [2.75, 3.05) is 7.05 Å². The second kappa shape index (κ2) is 12.6. The van der Waals surface area contributed by atoms with Crippen LogP contribution in [-0.2, 0) is 24.4 Å². The molecule has 0 atom stereocenters. The molecule has 0 saturated heterocycles. The molecule has 9 heteroatoms. The topological polar surface area (TPSA) is 93.4 Å². The molecule has 5 rings (SSSR count). The molecule has 0 radical (unpaired) electrons. The Kier molecular flexibility index (Phi) is 8.69. The fourth-order valence-electron chi connectivity index (χ4n) is 5.45. The lowest BCUT2D eigenvalue weighted by molar-refractivity contribution is -0.133. The number of aromatic nitrogens is 2. The summed E-state index contributed by atoms with van der Waals surface area (Å²) in [6.07, 6.45) is 5.30. The van der Waals surface area contributed by atoms with Gasteiger partial charge in [0, 0.05) is 30.2 Å². The Balaban J connectivity index is 1.37. The van der Waals surface area contributed by atoms with Crippen molar-refractivity contribution in [1.29, 1.82) is 0 Å². The largest absolute Gasteiger partial charge is 0.348 e. The average molecular weight is 573 g/mol. The predicted molar refractivity (Wildman–Crippen MR) is 160 cm³/mol. The highest BCUT2D eigenvalue weighted by atomic mass is 35.5. The van der Waals surface area contributed by atoms with Crippen molar-refractivity contribution in [3.05, 3.63) is 115 Å². The minimum absolute atomic E-state index is 0.0106. The molecule has 2 amide bonds. The van der Waals surface area contributed by atoms with Crippen LogP contribution in [0.4, 0.5) is 0 Å². The Morgan fingerprint density at radius 2 is 1.59 bits per heavy atom. The molecule has 0 unspecified atom stereocenters. The Bertz CT molecular complexity index is 1690. The Morgan fingerprint density at radius 3 is 2.32 bits per heavy atom. The Hall–Kier alpha value is -4.17. The number of fused-ring (bicyclic) bond motifs is 1. The molecule has 1 aromatic heterocycles. The summed E-state index contributed by atoms with van der Waals surface area (Å²) >= 11 is 6.18. The van der Waals surface area contributed by atoms with E-state index in [0.29, 0.717) is 33.6 Å². The summed E-state index contributed by atoms with van der Waals surface area (Å²) < 4.78 is 2.55. The number of hydrogen-bond acceptors (Lipinski definition) is 4. The smallest absolute Gasteiger partial charge is 0.332 e. The fourth-order valence-corrected chi connectivity index (χ4v) is 5.65. The number of likely N-dealkylation sites (N-methyl/N-ethyl adjacent to an activating group) is 1. The minimum atomic E-state index is -0.541. The highest BCUT2D eigenvalue weighted by Crippen LogP contribution is 2.22. The predicted octanol–water partition coefficient (Wildman–Crippen LogP) is 4.59. The SMILES string of the molecule is CN(C(=O)Cn1c(=O)n(Cc2ccc(C(=O)NCc3ccccc3Cl)cc2)c(=O)c2ccccc21)C1CCCCC1. The summed E-state index contributed by atoms with van der Waals surface area (Å²) in [4.78, 5) is 54.7. The van der Waals surface area contributed by atoms with Crippen LogP contribution in [0.3, 0.4) is 0 Å². The summed E-state index contributed by atoms with van der Waals surface area (Å²) in [5.74, 6) is -0.413. The first kappa shape index (κ1) is 28.4. The van der Waals surface area contributed by atoms with Crippen LogP contribution in [0.1, 0.15) is 53.6 Å². The Morgan fingerprint density at radius 1 is 0.902 bits per heavy atom. The standard InChI is InChI=1S/C32H33ClN4O4/c1-35(25-10-3-2-4-11-25)29(38)21-36-28-14-8-6-12-26(28)31(40)37(32(36)41)20-22-15-17-23(18-16-22)30(39)34-19-24-9-5-7-13-27(24)33/h5-9,12-18,25H,2-4,10-11,19-21H2,1H3,(H,34,39). The molecule has 0 spiro atoms. The molecule has 1 heterocycles. The van der Waals surface area contributed by atoms with Crippen LogP contribution >= 0.6 is 11.6 Å². The van der Waals surface area contributed by atoms with Gasteiger partial charge in [0.25, 0.3) is 11.5 Å². The van der Waals surface area contributed by atoms with Gasteiger partial charge >= 0.3 is 5.69 Å². The maximum absolute atomic E-state index is 13.6. The van der Waals surface area contributed by atoms with Crippen molar-refractivity contribution >= 4 is 34.3 Å². The zero-order valence-electron chi connectivity index (χ0n) is 23.0. The molecule has 0 bridgehead atoms. The van der Waals surface area contributed by atoms with Crippen molar-refractivity contribution in [2.24, 2.45) is 0 Å². The second-order valence-electron chi connectivity index (χ2n) is 10.5. The lowest BCUT2D eigenvalue weighted by atomic mass is 9.94. The fraction of sp³-hybridized carbons (Fsp3) is 0.312. The normalized spacial score (nSPS) is 13.7. The first-order valence-electron chi connectivity index (χ1n) is 13.9. The first-order valence-corrected chi connectivity index (χ1v) is 14.3. The van der Waals surface area contributed by atoms with E-state index in [1.165, 1.54) is 11.0 Å². The number of nitrogens with zero attached hydrogens (tertiary/aromatic N) is 3. The van der Waals surface area contributed by atoms with Crippen LogP contribution in [0.2, 0.25) is 5.02 Å². The highest BCUT2D eigenvalue weighted by Gasteiger charge is 2.24. The van der Waals surface area contributed by atoms with Gasteiger partial charge in [0.15, 0.2) is 0 Å². The zero-order chi connectivity index (χ0) is 28.9. The summed E-state index contributed by atoms with van der Waals surface area (Å²) in [7, 11) is 1.80. The molecular weight excluding hydrogens is 540 g/mol. The molecule has 1 N–H and O–H groups in total. The molecule has 0 aliphatic heterocycles. The number of carbonyl (C=O) groups excluding carboxylic acids is 2. The van der Waals surface area contributed by atoms with Crippen LogP contribution in [0, 0.1) is 0 Å². The number of carbonyl (C=O) groups is 2. The number of hydrogen-bond donors (Lipinski definition) is 1. The van der Waals surface area contributed by atoms with Crippen LogP contribution in [0.5, 0.6) is 0 Å². The van der Waals surface area contributed by atoms with Gasteiger partial charge in [0.05, 0.1) is 17.4 Å². The van der Waals surface area contributed by atoms with E-state index < -0.39 is 11.2 Å². The first-order chi connectivity index (χ1) is 19.8. The number of para-hydroxylation sites is 1. The van der Waals surface area contributed by atoms with Gasteiger partial charge in [-0.1, -0.05) is 73.3 Å². The van der Waals surface area contributed by atoms with Crippen LogP contribution in [0.25, 0.3) is 10.9 Å². The number of halogens is 1. The van der Waals surface area contributed by atoms with E-state index in [0.717, 1.165) is 35.8 Å². The monoisotopic (exact) mass is 572 g/mol. The maximum Gasteiger partial charge on any atom is 0.332 e. The van der Waals surface area contributed by atoms with Crippen LogP contribution in [0.15, 0.2) is 82.4 Å². The van der Waals surface area contributed by atoms with Gasteiger partial charge in [-0.2, -0.15) is 0 Å². The van der Waals surface area contributed by atoms with E-state index in [-0.39, 0.29) is 30.9 Å². The molecule has 8 nitrogen and oxygen atoms in total. The van der Waals surface area contributed by atoms with Gasteiger partial charge in [-0.15, -0.1) is 0 Å². The van der Waals surface area contributed by atoms with E-state index in [9.17, 15) is 19.2 Å². The minimum Gasteiger partial charge on any atom is -0.348 e. The molecule has 3 aromatic carbocycles. The van der Waals surface area contributed by atoms with E-state index >= 15 is 0 Å². The van der Waals surface area contributed by atoms with Gasteiger partial charge < -0.3 is 10.2 Å². The third-order valence-corrected chi connectivity index (χ3v) is 8.26. The van der Waals surface area contributed by atoms with Crippen LogP contribution < -0.4 is 16.6 Å². The molecule has 1 aliphatic rings. The summed E-state index contributed by atoms with van der Waals surface area (Å²) in [6, 6.07) is 21.1. The van der Waals surface area contributed by atoms with Gasteiger partial charge in [0.1, 0.15) is 6.54 Å². The van der Waals surface area contributed by atoms with E-state index in [4.69, 9.17) is 11.6 Å². The number of amides is 2. The third kappa shape index (κ3) is 6.28. The van der Waals surface area contributed by atoms with Crippen molar-refractivity contribution in [1.82, 2.24) is 19.4 Å². The van der Waals surface area contributed by atoms with Crippen molar-refractivity contribution < 1.29 is 9.59 Å².